The van der Waals surface area contributed by atoms with Crippen molar-refractivity contribution in [2.24, 2.45) is 5.92 Å². The van der Waals surface area contributed by atoms with Crippen LogP contribution in [0, 0.1) is 5.92 Å². The summed E-state index contributed by atoms with van der Waals surface area (Å²) in [7, 11) is 1.76. The number of ether oxygens (including phenoxy) is 3. The number of benzene rings is 1. The quantitative estimate of drug-likeness (QED) is 0.836. The fourth-order valence-corrected chi connectivity index (χ4v) is 2.41. The Balaban J connectivity index is 1.64. The Morgan fingerprint density at radius 1 is 1.39 bits per heavy atom. The molecule has 1 heterocycles. The molecule has 1 aliphatic carbocycles. The maximum Gasteiger partial charge on any atom is 0.231 e. The second-order valence-corrected chi connectivity index (χ2v) is 4.93. The lowest BCUT2D eigenvalue weighted by atomic mass is 10.1. The number of rotatable bonds is 6. The molecule has 1 unspecified atom stereocenters. The van der Waals surface area contributed by atoms with Crippen molar-refractivity contribution in [3.8, 4) is 11.5 Å². The molecule has 2 aliphatic rings. The standard InChI is InChI=1S/C14H19NO3/c1-16-8-12(10-5-6-10)15-7-11-3-2-4-13-14(11)18-9-17-13/h2-4,10,12,15H,5-9H2,1H3. The van der Waals surface area contributed by atoms with E-state index in [0.717, 1.165) is 36.1 Å². The van der Waals surface area contributed by atoms with Crippen molar-refractivity contribution < 1.29 is 14.2 Å². The summed E-state index contributed by atoms with van der Waals surface area (Å²) in [5.41, 5.74) is 1.16. The highest BCUT2D eigenvalue weighted by atomic mass is 16.7. The molecule has 0 radical (unpaired) electrons. The van der Waals surface area contributed by atoms with Crippen LogP contribution in [-0.2, 0) is 11.3 Å². The van der Waals surface area contributed by atoms with Gasteiger partial charge < -0.3 is 19.5 Å². The molecule has 1 aromatic rings. The lowest BCUT2D eigenvalue weighted by Gasteiger charge is -2.17. The minimum absolute atomic E-state index is 0.330. The van der Waals surface area contributed by atoms with Crippen LogP contribution in [0.3, 0.4) is 0 Å². The number of fused-ring (bicyclic) bond motifs is 1. The normalized spacial score (nSPS) is 18.9. The molecule has 1 N–H and O–H groups in total. The van der Waals surface area contributed by atoms with Gasteiger partial charge in [0.05, 0.1) is 6.61 Å². The molecule has 4 nitrogen and oxygen atoms in total. The molecule has 4 heteroatoms. The summed E-state index contributed by atoms with van der Waals surface area (Å²) in [6, 6.07) is 6.48. The van der Waals surface area contributed by atoms with Crippen LogP contribution in [0.15, 0.2) is 18.2 Å². The predicted molar refractivity (Wildman–Crippen MR) is 67.8 cm³/mol. The SMILES string of the molecule is COCC(NCc1cccc2c1OCO2)C1CC1. The molecule has 1 fully saturated rings. The molecule has 0 amide bonds. The molecule has 0 bridgehead atoms. The van der Waals surface area contributed by atoms with Gasteiger partial charge in [-0.05, 0) is 24.8 Å². The van der Waals surface area contributed by atoms with E-state index in [2.05, 4.69) is 11.4 Å². The van der Waals surface area contributed by atoms with Crippen LogP contribution in [0.25, 0.3) is 0 Å². The summed E-state index contributed by atoms with van der Waals surface area (Å²) in [5, 5.41) is 3.57. The number of hydrogen-bond acceptors (Lipinski definition) is 4. The minimum Gasteiger partial charge on any atom is -0.454 e. The molecular formula is C14H19NO3. The topological polar surface area (TPSA) is 39.7 Å². The van der Waals surface area contributed by atoms with E-state index in [0.29, 0.717) is 12.8 Å². The molecule has 0 saturated heterocycles. The molecule has 98 valence electrons. The maximum absolute atomic E-state index is 5.50. The third kappa shape index (κ3) is 2.44. The molecule has 1 aromatic carbocycles. The van der Waals surface area contributed by atoms with E-state index in [4.69, 9.17) is 14.2 Å². The van der Waals surface area contributed by atoms with E-state index in [9.17, 15) is 0 Å². The van der Waals surface area contributed by atoms with E-state index in [-0.39, 0.29) is 0 Å². The Bertz CT molecular complexity index is 418. The summed E-state index contributed by atoms with van der Waals surface area (Å²) >= 11 is 0. The van der Waals surface area contributed by atoms with Crippen molar-refractivity contribution in [3.63, 3.8) is 0 Å². The first-order chi connectivity index (χ1) is 8.88. The number of methoxy groups -OCH3 is 1. The average molecular weight is 249 g/mol. The van der Waals surface area contributed by atoms with Crippen LogP contribution in [0.5, 0.6) is 11.5 Å². The van der Waals surface area contributed by atoms with Crippen LogP contribution in [0.4, 0.5) is 0 Å². The first-order valence-electron chi connectivity index (χ1n) is 6.48. The fraction of sp³-hybridized carbons (Fsp3) is 0.571. The van der Waals surface area contributed by atoms with E-state index in [1.165, 1.54) is 12.8 Å². The smallest absolute Gasteiger partial charge is 0.231 e. The van der Waals surface area contributed by atoms with Gasteiger partial charge in [0.25, 0.3) is 0 Å². The van der Waals surface area contributed by atoms with Crippen LogP contribution in [0.2, 0.25) is 0 Å². The van der Waals surface area contributed by atoms with Crippen molar-refractivity contribution in [2.45, 2.75) is 25.4 Å². The second kappa shape index (κ2) is 5.16. The first-order valence-corrected chi connectivity index (χ1v) is 6.48. The third-order valence-corrected chi connectivity index (χ3v) is 3.57. The van der Waals surface area contributed by atoms with Crippen molar-refractivity contribution in [1.82, 2.24) is 5.32 Å². The second-order valence-electron chi connectivity index (χ2n) is 4.93. The Morgan fingerprint density at radius 3 is 3.06 bits per heavy atom. The van der Waals surface area contributed by atoms with Gasteiger partial charge in [-0.2, -0.15) is 0 Å². The molecule has 0 aromatic heterocycles. The number of para-hydroxylation sites is 1. The van der Waals surface area contributed by atoms with Gasteiger partial charge in [-0.1, -0.05) is 12.1 Å². The van der Waals surface area contributed by atoms with Crippen molar-refractivity contribution in [2.75, 3.05) is 20.5 Å². The van der Waals surface area contributed by atoms with Crippen molar-refractivity contribution in [1.29, 1.82) is 0 Å². The van der Waals surface area contributed by atoms with Gasteiger partial charge >= 0.3 is 0 Å². The largest absolute Gasteiger partial charge is 0.454 e. The zero-order valence-corrected chi connectivity index (χ0v) is 10.6. The van der Waals surface area contributed by atoms with Crippen molar-refractivity contribution >= 4 is 0 Å². The fourth-order valence-electron chi connectivity index (χ4n) is 2.41. The van der Waals surface area contributed by atoms with Gasteiger partial charge in [0.1, 0.15) is 0 Å². The van der Waals surface area contributed by atoms with Gasteiger partial charge in [-0.25, -0.2) is 0 Å². The summed E-state index contributed by atoms with van der Waals surface area (Å²) in [6.07, 6.45) is 2.63. The summed E-state index contributed by atoms with van der Waals surface area (Å²) < 4.78 is 16.2. The van der Waals surface area contributed by atoms with Gasteiger partial charge in [0.2, 0.25) is 6.79 Å². The van der Waals surface area contributed by atoms with E-state index < -0.39 is 0 Å². The van der Waals surface area contributed by atoms with Crippen LogP contribution < -0.4 is 14.8 Å². The van der Waals surface area contributed by atoms with E-state index >= 15 is 0 Å². The van der Waals surface area contributed by atoms with Gasteiger partial charge in [-0.15, -0.1) is 0 Å². The van der Waals surface area contributed by atoms with Crippen LogP contribution in [0.1, 0.15) is 18.4 Å². The molecule has 18 heavy (non-hydrogen) atoms. The predicted octanol–water partition coefficient (Wildman–Crippen LogP) is 1.93. The van der Waals surface area contributed by atoms with E-state index in [1.807, 2.05) is 12.1 Å². The summed E-state index contributed by atoms with van der Waals surface area (Å²) in [6.45, 7) is 1.91. The Labute approximate surface area is 107 Å². The zero-order chi connectivity index (χ0) is 12.4. The molecule has 1 saturated carbocycles. The van der Waals surface area contributed by atoms with Crippen LogP contribution >= 0.6 is 0 Å². The lowest BCUT2D eigenvalue weighted by Crippen LogP contribution is -2.34. The first kappa shape index (κ1) is 11.8. The average Bonchev–Trinajstić information content (AvgIpc) is 3.11. The summed E-state index contributed by atoms with van der Waals surface area (Å²) in [4.78, 5) is 0. The summed E-state index contributed by atoms with van der Waals surface area (Å²) in [5.74, 6) is 2.51. The molecule has 0 spiro atoms. The Morgan fingerprint density at radius 2 is 2.28 bits per heavy atom. The number of nitrogens with one attached hydrogen (secondary N) is 1. The molecular weight excluding hydrogens is 230 g/mol. The van der Waals surface area contributed by atoms with Gasteiger partial charge in [0.15, 0.2) is 11.5 Å². The van der Waals surface area contributed by atoms with E-state index in [1.54, 1.807) is 7.11 Å². The molecule has 3 rings (SSSR count). The monoisotopic (exact) mass is 249 g/mol. The third-order valence-electron chi connectivity index (χ3n) is 3.57. The Hall–Kier alpha value is -1.26. The molecule has 1 atom stereocenters. The van der Waals surface area contributed by atoms with Gasteiger partial charge in [-0.3, -0.25) is 0 Å². The maximum atomic E-state index is 5.50. The molecule has 1 aliphatic heterocycles. The lowest BCUT2D eigenvalue weighted by molar-refractivity contribution is 0.156. The highest BCUT2D eigenvalue weighted by molar-refractivity contribution is 5.48. The zero-order valence-electron chi connectivity index (χ0n) is 10.6. The number of hydrogen-bond donors (Lipinski definition) is 1. The minimum atomic E-state index is 0.330. The highest BCUT2D eigenvalue weighted by Crippen LogP contribution is 2.36. The highest BCUT2D eigenvalue weighted by Gasteiger charge is 2.31. The Kier molecular flexibility index (Phi) is 3.39. The van der Waals surface area contributed by atoms with Gasteiger partial charge in [0, 0.05) is 25.3 Å². The van der Waals surface area contributed by atoms with Crippen LogP contribution in [-0.4, -0.2) is 26.6 Å². The van der Waals surface area contributed by atoms with Crippen molar-refractivity contribution in [3.05, 3.63) is 23.8 Å².